The van der Waals surface area contributed by atoms with Gasteiger partial charge in [0.2, 0.25) is 5.95 Å². The van der Waals surface area contributed by atoms with Crippen molar-refractivity contribution in [2.24, 2.45) is 0 Å². The highest BCUT2D eigenvalue weighted by Gasteiger charge is 2.23. The van der Waals surface area contributed by atoms with Gasteiger partial charge in [0.05, 0.1) is 7.11 Å². The predicted molar refractivity (Wildman–Crippen MR) is 89.2 cm³/mol. The fourth-order valence-corrected chi connectivity index (χ4v) is 2.82. The van der Waals surface area contributed by atoms with Crippen molar-refractivity contribution in [2.45, 2.75) is 6.04 Å². The number of ether oxygens (including phenoxy) is 1. The van der Waals surface area contributed by atoms with Gasteiger partial charge in [-0.05, 0) is 35.9 Å². The lowest BCUT2D eigenvalue weighted by Crippen LogP contribution is -2.20. The zero-order chi connectivity index (χ0) is 16.5. The highest BCUT2D eigenvalue weighted by atomic mass is 19.1. The number of nitrogens with one attached hydrogen (secondary N) is 1. The maximum absolute atomic E-state index is 13.6. The van der Waals surface area contributed by atoms with Gasteiger partial charge < -0.3 is 10.1 Å². The van der Waals surface area contributed by atoms with Crippen molar-refractivity contribution in [3.05, 3.63) is 77.9 Å². The van der Waals surface area contributed by atoms with Gasteiger partial charge in [0.15, 0.2) is 0 Å². The van der Waals surface area contributed by atoms with Crippen molar-refractivity contribution in [1.29, 1.82) is 0 Å². The van der Waals surface area contributed by atoms with Gasteiger partial charge in [0.25, 0.3) is 0 Å². The standard InChI is InChI=1S/C18H15FN4O/c1-24-15-7-3-4-12(9-15)16-10-17(13-5-2-6-14(19)8-13)23-18(22-16)20-11-21-23/h2-11,17H,1H3,(H,20,21,22). The van der Waals surface area contributed by atoms with Crippen molar-refractivity contribution < 1.29 is 9.13 Å². The van der Waals surface area contributed by atoms with Crippen molar-refractivity contribution in [1.82, 2.24) is 14.8 Å². The lowest BCUT2D eigenvalue weighted by atomic mass is 10.0. The molecule has 1 aliphatic heterocycles. The molecule has 0 bridgehead atoms. The molecule has 4 rings (SSSR count). The molecule has 0 fully saturated rings. The zero-order valence-corrected chi connectivity index (χ0v) is 13.0. The molecule has 5 nitrogen and oxygen atoms in total. The van der Waals surface area contributed by atoms with Gasteiger partial charge in [-0.15, -0.1) is 0 Å². The second-order valence-corrected chi connectivity index (χ2v) is 5.47. The number of aromatic nitrogens is 3. The molecule has 1 aliphatic rings. The molecule has 1 aromatic heterocycles. The fourth-order valence-electron chi connectivity index (χ4n) is 2.82. The molecular weight excluding hydrogens is 307 g/mol. The summed E-state index contributed by atoms with van der Waals surface area (Å²) in [5, 5.41) is 7.52. The van der Waals surface area contributed by atoms with Crippen LogP contribution in [0.5, 0.6) is 5.75 Å². The van der Waals surface area contributed by atoms with Crippen LogP contribution in [0.1, 0.15) is 17.2 Å². The number of benzene rings is 2. The topological polar surface area (TPSA) is 52.0 Å². The van der Waals surface area contributed by atoms with Crippen LogP contribution in [0.3, 0.4) is 0 Å². The molecule has 0 amide bonds. The normalized spacial score (nSPS) is 16.1. The zero-order valence-electron chi connectivity index (χ0n) is 13.0. The first kappa shape index (κ1) is 14.4. The van der Waals surface area contributed by atoms with Crippen LogP contribution < -0.4 is 10.1 Å². The van der Waals surface area contributed by atoms with Gasteiger partial charge >= 0.3 is 0 Å². The third kappa shape index (κ3) is 2.52. The lowest BCUT2D eigenvalue weighted by Gasteiger charge is -2.24. The third-order valence-electron chi connectivity index (χ3n) is 3.98. The number of methoxy groups -OCH3 is 1. The Bertz CT molecular complexity index is 919. The highest BCUT2D eigenvalue weighted by Crippen LogP contribution is 2.32. The smallest absolute Gasteiger partial charge is 0.226 e. The van der Waals surface area contributed by atoms with Crippen LogP contribution in [-0.4, -0.2) is 21.9 Å². The summed E-state index contributed by atoms with van der Waals surface area (Å²) >= 11 is 0. The number of anilines is 1. The molecule has 0 spiro atoms. The molecule has 0 aliphatic carbocycles. The van der Waals surface area contributed by atoms with Crippen LogP contribution in [0.15, 0.2) is 60.9 Å². The Hall–Kier alpha value is -3.15. The van der Waals surface area contributed by atoms with E-state index < -0.39 is 0 Å². The number of hydrogen-bond donors (Lipinski definition) is 1. The number of hydrogen-bond acceptors (Lipinski definition) is 4. The first-order chi connectivity index (χ1) is 11.7. The quantitative estimate of drug-likeness (QED) is 0.802. The Labute approximate surface area is 138 Å². The SMILES string of the molecule is COc1cccc(C2=CC(c3cccc(F)c3)n3ncnc3N2)c1. The van der Waals surface area contributed by atoms with Gasteiger partial charge in [-0.25, -0.2) is 9.07 Å². The van der Waals surface area contributed by atoms with Crippen LogP contribution in [0.2, 0.25) is 0 Å². The van der Waals surface area contributed by atoms with E-state index in [0.717, 1.165) is 22.6 Å². The summed E-state index contributed by atoms with van der Waals surface area (Å²) < 4.78 is 20.7. The van der Waals surface area contributed by atoms with Crippen LogP contribution in [0.25, 0.3) is 5.70 Å². The van der Waals surface area contributed by atoms with Crippen LogP contribution >= 0.6 is 0 Å². The summed E-state index contributed by atoms with van der Waals surface area (Å²) in [6, 6.07) is 14.0. The summed E-state index contributed by atoms with van der Waals surface area (Å²) in [6.07, 6.45) is 3.49. The Morgan fingerprint density at radius 3 is 2.88 bits per heavy atom. The predicted octanol–water partition coefficient (Wildman–Crippen LogP) is 3.48. The lowest BCUT2D eigenvalue weighted by molar-refractivity contribution is 0.414. The molecule has 1 unspecified atom stereocenters. The summed E-state index contributed by atoms with van der Waals surface area (Å²) in [6.45, 7) is 0. The summed E-state index contributed by atoms with van der Waals surface area (Å²) in [7, 11) is 1.63. The third-order valence-corrected chi connectivity index (χ3v) is 3.98. The first-order valence-electron chi connectivity index (χ1n) is 7.53. The van der Waals surface area contributed by atoms with E-state index in [1.54, 1.807) is 17.9 Å². The molecule has 2 aromatic carbocycles. The minimum Gasteiger partial charge on any atom is -0.497 e. The summed E-state index contributed by atoms with van der Waals surface area (Å²) in [5.74, 6) is 1.11. The molecule has 120 valence electrons. The molecule has 24 heavy (non-hydrogen) atoms. The minimum atomic E-state index is -0.274. The van der Waals surface area contributed by atoms with Crippen LogP contribution in [0.4, 0.5) is 10.3 Å². The fraction of sp³-hybridized carbons (Fsp3) is 0.111. The Kier molecular flexibility index (Phi) is 3.49. The average Bonchev–Trinajstić information content (AvgIpc) is 3.09. The van der Waals surface area contributed by atoms with Gasteiger partial charge in [0, 0.05) is 11.3 Å². The summed E-state index contributed by atoms with van der Waals surface area (Å²) in [4.78, 5) is 4.25. The molecule has 1 atom stereocenters. The number of fused-ring (bicyclic) bond motifs is 1. The molecule has 0 saturated heterocycles. The summed E-state index contributed by atoms with van der Waals surface area (Å²) in [5.41, 5.74) is 2.65. The van der Waals surface area contributed by atoms with E-state index in [0.29, 0.717) is 5.95 Å². The van der Waals surface area contributed by atoms with Gasteiger partial charge in [-0.1, -0.05) is 24.3 Å². The Morgan fingerprint density at radius 1 is 1.17 bits per heavy atom. The number of halogens is 1. The van der Waals surface area contributed by atoms with Gasteiger partial charge in [-0.3, -0.25) is 0 Å². The van der Waals surface area contributed by atoms with E-state index in [-0.39, 0.29) is 11.9 Å². The highest BCUT2D eigenvalue weighted by molar-refractivity contribution is 5.77. The molecule has 1 N–H and O–H groups in total. The maximum Gasteiger partial charge on any atom is 0.226 e. The molecule has 0 radical (unpaired) electrons. The van der Waals surface area contributed by atoms with Crippen LogP contribution in [-0.2, 0) is 0 Å². The number of rotatable bonds is 3. The molecule has 6 heteroatoms. The second kappa shape index (κ2) is 5.81. The van der Waals surface area contributed by atoms with E-state index in [1.165, 1.54) is 18.5 Å². The monoisotopic (exact) mass is 322 g/mol. The molecule has 0 saturated carbocycles. The molecule has 3 aromatic rings. The molecule has 2 heterocycles. The van der Waals surface area contributed by atoms with Crippen LogP contribution in [0, 0.1) is 5.82 Å². The first-order valence-corrected chi connectivity index (χ1v) is 7.53. The van der Waals surface area contributed by atoms with Crippen molar-refractivity contribution in [3.63, 3.8) is 0 Å². The van der Waals surface area contributed by atoms with E-state index in [1.807, 2.05) is 36.4 Å². The van der Waals surface area contributed by atoms with Crippen molar-refractivity contribution in [2.75, 3.05) is 12.4 Å². The molecular formula is C18H15FN4O. The van der Waals surface area contributed by atoms with E-state index >= 15 is 0 Å². The number of allylic oxidation sites excluding steroid dienone is 1. The van der Waals surface area contributed by atoms with Gasteiger partial charge in [0.1, 0.15) is 23.9 Å². The Balaban J connectivity index is 1.81. The minimum absolute atomic E-state index is 0.236. The van der Waals surface area contributed by atoms with Crippen molar-refractivity contribution >= 4 is 11.6 Å². The van der Waals surface area contributed by atoms with Crippen molar-refractivity contribution in [3.8, 4) is 5.75 Å². The number of nitrogens with zero attached hydrogens (tertiary/aromatic N) is 3. The Morgan fingerprint density at radius 2 is 2.04 bits per heavy atom. The van der Waals surface area contributed by atoms with E-state index in [2.05, 4.69) is 15.4 Å². The van der Waals surface area contributed by atoms with E-state index in [9.17, 15) is 4.39 Å². The second-order valence-electron chi connectivity index (χ2n) is 5.47. The largest absolute Gasteiger partial charge is 0.497 e. The average molecular weight is 322 g/mol. The maximum atomic E-state index is 13.6. The van der Waals surface area contributed by atoms with Gasteiger partial charge in [-0.2, -0.15) is 10.1 Å². The van der Waals surface area contributed by atoms with E-state index in [4.69, 9.17) is 4.74 Å².